The first-order valence-electron chi connectivity index (χ1n) is 9.56. The number of carbonyl (C=O) groups excluding carboxylic acids is 3. The molecule has 2 atom stereocenters. The largest absolute Gasteiger partial charge is 0.495 e. The Hall–Kier alpha value is -3.46. The molecule has 0 spiro atoms. The Morgan fingerprint density at radius 1 is 1.13 bits per heavy atom. The maximum Gasteiger partial charge on any atom is 0.263 e. The van der Waals surface area contributed by atoms with E-state index in [1.807, 2.05) is 26.0 Å². The van der Waals surface area contributed by atoms with Crippen molar-refractivity contribution < 1.29 is 19.1 Å². The van der Waals surface area contributed by atoms with E-state index in [-0.39, 0.29) is 17.5 Å². The number of amides is 3. The van der Waals surface area contributed by atoms with Gasteiger partial charge in [-0.25, -0.2) is 4.90 Å². The summed E-state index contributed by atoms with van der Waals surface area (Å²) in [6.07, 6.45) is 0. The minimum Gasteiger partial charge on any atom is -0.495 e. The number of aryl methyl sites for hydroxylation is 2. The van der Waals surface area contributed by atoms with Crippen LogP contribution in [0.15, 0.2) is 46.7 Å². The van der Waals surface area contributed by atoms with Gasteiger partial charge in [-0.3, -0.25) is 19.4 Å². The van der Waals surface area contributed by atoms with Crippen molar-refractivity contribution in [3.8, 4) is 5.75 Å². The van der Waals surface area contributed by atoms with Crippen molar-refractivity contribution in [2.75, 3.05) is 23.9 Å². The zero-order valence-electron chi connectivity index (χ0n) is 17.1. The quantitative estimate of drug-likeness (QED) is 0.718. The van der Waals surface area contributed by atoms with Gasteiger partial charge in [0, 0.05) is 5.69 Å². The predicted molar refractivity (Wildman–Crippen MR) is 114 cm³/mol. The molecule has 4 rings (SSSR count). The molecule has 160 valence electrons. The molecule has 2 aromatic carbocycles. The number of imide groups is 1. The lowest BCUT2D eigenvalue weighted by molar-refractivity contribution is -0.123. The van der Waals surface area contributed by atoms with Crippen LogP contribution in [0.4, 0.5) is 11.4 Å². The fourth-order valence-electron chi connectivity index (χ4n) is 3.57. The highest BCUT2D eigenvalue weighted by Crippen LogP contribution is 2.35. The number of fused-ring (bicyclic) bond motifs is 1. The van der Waals surface area contributed by atoms with Crippen LogP contribution in [0.2, 0.25) is 5.02 Å². The normalized spacial score (nSPS) is 19.7. The molecule has 2 aliphatic heterocycles. The molecule has 0 aromatic heterocycles. The highest BCUT2D eigenvalue weighted by molar-refractivity contribution is 6.33. The first-order valence-corrected chi connectivity index (χ1v) is 9.94. The van der Waals surface area contributed by atoms with Crippen molar-refractivity contribution in [2.24, 2.45) is 10.3 Å². The van der Waals surface area contributed by atoms with Gasteiger partial charge in [0.1, 0.15) is 12.3 Å². The average Bonchev–Trinajstić information content (AvgIpc) is 3.24. The standard InChI is InChI=1S/C21H20ClN5O4/c1-11-4-5-13(8-12(11)2)23-17(28)10-26-19-18(24-25-26)20(29)27(21(19)30)14-6-7-16(31-3)15(22)9-14/h4-9,18-19H,10H2,1-3H3,(H,23,28). The molecule has 1 saturated heterocycles. The number of rotatable bonds is 5. The Bertz CT molecular complexity index is 1120. The summed E-state index contributed by atoms with van der Waals surface area (Å²) in [4.78, 5) is 39.4. The van der Waals surface area contributed by atoms with Crippen molar-refractivity contribution in [3.05, 3.63) is 52.5 Å². The maximum absolute atomic E-state index is 13.0. The predicted octanol–water partition coefficient (Wildman–Crippen LogP) is 2.90. The van der Waals surface area contributed by atoms with Crippen LogP contribution >= 0.6 is 11.6 Å². The molecule has 0 saturated carbocycles. The van der Waals surface area contributed by atoms with E-state index in [1.165, 1.54) is 18.2 Å². The number of hydrogen-bond donors (Lipinski definition) is 1. The van der Waals surface area contributed by atoms with E-state index < -0.39 is 23.9 Å². The van der Waals surface area contributed by atoms with E-state index in [1.54, 1.807) is 18.2 Å². The number of nitrogens with one attached hydrogen (secondary N) is 1. The second kappa shape index (κ2) is 7.99. The van der Waals surface area contributed by atoms with Crippen molar-refractivity contribution in [3.63, 3.8) is 0 Å². The fraction of sp³-hybridized carbons (Fsp3) is 0.286. The van der Waals surface area contributed by atoms with E-state index in [9.17, 15) is 14.4 Å². The van der Waals surface area contributed by atoms with Gasteiger partial charge in [-0.15, -0.1) is 0 Å². The summed E-state index contributed by atoms with van der Waals surface area (Å²) in [6, 6.07) is 8.22. The Morgan fingerprint density at radius 2 is 1.90 bits per heavy atom. The molecule has 0 bridgehead atoms. The van der Waals surface area contributed by atoms with Gasteiger partial charge in [-0.1, -0.05) is 22.9 Å². The monoisotopic (exact) mass is 441 g/mol. The van der Waals surface area contributed by atoms with Gasteiger partial charge < -0.3 is 10.1 Å². The lowest BCUT2D eigenvalue weighted by Gasteiger charge is -2.20. The summed E-state index contributed by atoms with van der Waals surface area (Å²) in [6.45, 7) is 3.72. The van der Waals surface area contributed by atoms with Gasteiger partial charge in [0.15, 0.2) is 12.1 Å². The van der Waals surface area contributed by atoms with E-state index in [2.05, 4.69) is 15.7 Å². The summed E-state index contributed by atoms with van der Waals surface area (Å²) in [5.41, 5.74) is 3.11. The molecular formula is C21H20ClN5O4. The smallest absolute Gasteiger partial charge is 0.263 e. The number of hydrogen-bond acceptors (Lipinski definition) is 7. The van der Waals surface area contributed by atoms with Crippen LogP contribution in [-0.4, -0.2) is 48.5 Å². The number of nitrogens with zero attached hydrogens (tertiary/aromatic N) is 4. The zero-order chi connectivity index (χ0) is 22.3. The van der Waals surface area contributed by atoms with Gasteiger partial charge >= 0.3 is 0 Å². The number of benzene rings is 2. The highest BCUT2D eigenvalue weighted by Gasteiger charge is 2.55. The number of halogens is 1. The molecule has 0 radical (unpaired) electrons. The third-order valence-corrected chi connectivity index (χ3v) is 5.64. The minimum absolute atomic E-state index is 0.214. The van der Waals surface area contributed by atoms with Gasteiger partial charge in [-0.2, -0.15) is 5.11 Å². The van der Waals surface area contributed by atoms with Crippen molar-refractivity contribution in [2.45, 2.75) is 25.9 Å². The van der Waals surface area contributed by atoms with Crippen molar-refractivity contribution in [1.82, 2.24) is 5.01 Å². The minimum atomic E-state index is -0.997. The second-order valence-corrected chi connectivity index (χ2v) is 7.78. The summed E-state index contributed by atoms with van der Waals surface area (Å²) >= 11 is 6.14. The van der Waals surface area contributed by atoms with Crippen LogP contribution in [0, 0.1) is 13.8 Å². The average molecular weight is 442 g/mol. The van der Waals surface area contributed by atoms with Crippen LogP contribution in [0.1, 0.15) is 11.1 Å². The van der Waals surface area contributed by atoms with Crippen molar-refractivity contribution in [1.29, 1.82) is 0 Å². The zero-order valence-corrected chi connectivity index (χ0v) is 17.9. The van der Waals surface area contributed by atoms with Gasteiger partial charge in [0.05, 0.1) is 17.8 Å². The van der Waals surface area contributed by atoms with E-state index in [0.717, 1.165) is 16.0 Å². The molecule has 1 fully saturated rings. The van der Waals surface area contributed by atoms with Crippen LogP contribution in [0.3, 0.4) is 0 Å². The third-order valence-electron chi connectivity index (χ3n) is 5.35. The summed E-state index contributed by atoms with van der Waals surface area (Å²) in [5, 5.41) is 12.1. The lowest BCUT2D eigenvalue weighted by Crippen LogP contribution is -2.43. The van der Waals surface area contributed by atoms with Gasteiger partial charge in [0.25, 0.3) is 11.8 Å². The molecule has 3 amide bonds. The molecule has 2 aliphatic rings. The highest BCUT2D eigenvalue weighted by atomic mass is 35.5. The second-order valence-electron chi connectivity index (χ2n) is 7.37. The van der Waals surface area contributed by atoms with Gasteiger partial charge in [-0.05, 0) is 55.3 Å². The molecule has 2 heterocycles. The van der Waals surface area contributed by atoms with Crippen LogP contribution in [0.5, 0.6) is 5.75 Å². The molecule has 10 heteroatoms. The number of carbonyl (C=O) groups is 3. The van der Waals surface area contributed by atoms with E-state index >= 15 is 0 Å². The number of ether oxygens (including phenoxy) is 1. The number of methoxy groups -OCH3 is 1. The van der Waals surface area contributed by atoms with E-state index in [0.29, 0.717) is 17.1 Å². The third kappa shape index (κ3) is 3.72. The molecule has 0 aliphatic carbocycles. The van der Waals surface area contributed by atoms with Crippen LogP contribution < -0.4 is 15.0 Å². The van der Waals surface area contributed by atoms with Crippen LogP contribution in [-0.2, 0) is 14.4 Å². The summed E-state index contributed by atoms with van der Waals surface area (Å²) < 4.78 is 5.11. The fourth-order valence-corrected chi connectivity index (χ4v) is 3.82. The Labute approximate surface area is 183 Å². The molecular weight excluding hydrogens is 422 g/mol. The summed E-state index contributed by atoms with van der Waals surface area (Å²) in [5.74, 6) is -0.972. The molecule has 1 N–H and O–H groups in total. The Morgan fingerprint density at radius 3 is 2.58 bits per heavy atom. The van der Waals surface area contributed by atoms with Crippen LogP contribution in [0.25, 0.3) is 0 Å². The van der Waals surface area contributed by atoms with Crippen molar-refractivity contribution >= 4 is 40.7 Å². The Kier molecular flexibility index (Phi) is 5.36. The van der Waals surface area contributed by atoms with Gasteiger partial charge in [0.2, 0.25) is 5.91 Å². The molecule has 31 heavy (non-hydrogen) atoms. The SMILES string of the molecule is COc1ccc(N2C(=O)C3N=NN(CC(=O)Nc4ccc(C)c(C)c4)C3C2=O)cc1Cl. The maximum atomic E-state index is 13.0. The Balaban J connectivity index is 1.49. The number of anilines is 2. The first-order chi connectivity index (χ1) is 14.8. The lowest BCUT2D eigenvalue weighted by atomic mass is 10.1. The molecule has 9 nitrogen and oxygen atoms in total. The summed E-state index contributed by atoms with van der Waals surface area (Å²) in [7, 11) is 1.47. The van der Waals surface area contributed by atoms with E-state index in [4.69, 9.17) is 16.3 Å². The molecule has 2 aromatic rings. The first kappa shape index (κ1) is 20.8. The topological polar surface area (TPSA) is 104 Å². The molecule has 2 unspecified atom stereocenters.